The second kappa shape index (κ2) is 16.1. The van der Waals surface area contributed by atoms with Gasteiger partial charge in [0.15, 0.2) is 0 Å². The number of carbonyl (C=O) groups is 2. The minimum absolute atomic E-state index is 0.0199. The van der Waals surface area contributed by atoms with Crippen molar-refractivity contribution < 1.29 is 38.6 Å². The molecule has 1 heterocycles. The van der Waals surface area contributed by atoms with E-state index in [1.54, 1.807) is 31.2 Å². The lowest BCUT2D eigenvalue weighted by Crippen LogP contribution is -2.35. The van der Waals surface area contributed by atoms with Crippen LogP contribution in [0.25, 0.3) is 0 Å². The van der Waals surface area contributed by atoms with Crippen LogP contribution in [0.1, 0.15) is 38.7 Å². The average Bonchev–Trinajstić information content (AvgIpc) is 3.02. The number of benzene rings is 2. The minimum atomic E-state index is -1.14. The molecule has 2 atom stereocenters. The molecule has 0 radical (unpaired) electrons. The Labute approximate surface area is 255 Å². The van der Waals surface area contributed by atoms with Gasteiger partial charge >= 0.3 is 11.9 Å². The highest BCUT2D eigenvalue weighted by molar-refractivity contribution is 6.00. The summed E-state index contributed by atoms with van der Waals surface area (Å²) in [5, 5.41) is 37.0. The predicted octanol–water partition coefficient (Wildman–Crippen LogP) is 3.26. The Morgan fingerprint density at radius 3 is 2.39 bits per heavy atom. The van der Waals surface area contributed by atoms with E-state index in [2.05, 4.69) is 10.6 Å². The summed E-state index contributed by atoms with van der Waals surface area (Å²) in [6, 6.07) is 14.5. The first-order chi connectivity index (χ1) is 21.0. The zero-order valence-corrected chi connectivity index (χ0v) is 25.0. The Kier molecular flexibility index (Phi) is 12.3. The smallest absolute Gasteiger partial charge is 0.337 e. The molecule has 0 amide bonds. The normalized spacial score (nSPS) is 15.2. The van der Waals surface area contributed by atoms with Crippen molar-refractivity contribution in [1.82, 2.24) is 10.6 Å². The fourth-order valence-corrected chi connectivity index (χ4v) is 4.41. The van der Waals surface area contributed by atoms with Crippen molar-refractivity contribution in [2.24, 2.45) is 0 Å². The third-order valence-corrected chi connectivity index (χ3v) is 6.53. The molecule has 2 aromatic rings. The maximum atomic E-state index is 13.3. The second-order valence-corrected chi connectivity index (χ2v) is 10.2. The van der Waals surface area contributed by atoms with Crippen LogP contribution >= 0.6 is 0 Å². The average molecular weight is 609 g/mol. The Morgan fingerprint density at radius 1 is 1.09 bits per heavy atom. The number of allylic oxidation sites excluding steroid dienone is 2. The summed E-state index contributed by atoms with van der Waals surface area (Å²) in [6.07, 6.45) is -0.304. The summed E-state index contributed by atoms with van der Waals surface area (Å²) in [5.74, 6) is -1.62. The van der Waals surface area contributed by atoms with Crippen molar-refractivity contribution >= 4 is 17.6 Å². The lowest BCUT2D eigenvalue weighted by atomic mass is 9.80. The number of ether oxygens (including phenoxy) is 4. The Balaban J connectivity index is 1.62. The second-order valence-electron chi connectivity index (χ2n) is 10.2. The number of nitriles is 1. The van der Waals surface area contributed by atoms with Crippen molar-refractivity contribution in [2.75, 3.05) is 33.5 Å². The largest absolute Gasteiger partial charge is 0.493 e. The lowest BCUT2D eigenvalue weighted by Gasteiger charge is -2.29. The van der Waals surface area contributed by atoms with Crippen molar-refractivity contribution in [3.63, 3.8) is 0 Å². The first-order valence-corrected chi connectivity index (χ1v) is 13.9. The number of hydrogen-bond acceptors (Lipinski definition) is 12. The molecule has 44 heavy (non-hydrogen) atoms. The highest BCUT2D eigenvalue weighted by Crippen LogP contribution is 2.40. The van der Waals surface area contributed by atoms with Crippen LogP contribution in [0.5, 0.6) is 11.5 Å². The molecule has 3 N–H and O–H groups in total. The van der Waals surface area contributed by atoms with Gasteiger partial charge in [0.1, 0.15) is 36.0 Å². The molecular weight excluding hydrogens is 572 g/mol. The molecule has 3 rings (SSSR count). The van der Waals surface area contributed by atoms with Gasteiger partial charge in [-0.05, 0) is 36.8 Å². The van der Waals surface area contributed by atoms with Gasteiger partial charge in [-0.2, -0.15) is 5.26 Å². The molecule has 0 aliphatic carbocycles. The number of nitro groups is 1. The summed E-state index contributed by atoms with van der Waals surface area (Å²) in [6.45, 7) is 6.31. The SMILES string of the molecule is COC(=O)C1=C(C#N)NC(C)=C(C(=O)OCCCOc2ccc(OCC(O)CNC(C)C)cc2)C1c1cccc([N+](=O)[O-])c1. The zero-order valence-electron chi connectivity index (χ0n) is 25.0. The molecule has 2 aromatic carbocycles. The number of nitrogens with zero attached hydrogens (tertiary/aromatic N) is 2. The van der Waals surface area contributed by atoms with E-state index >= 15 is 0 Å². The van der Waals surface area contributed by atoms with Gasteiger partial charge in [-0.15, -0.1) is 0 Å². The van der Waals surface area contributed by atoms with E-state index in [-0.39, 0.29) is 59.7 Å². The molecule has 13 heteroatoms. The molecule has 0 saturated carbocycles. The van der Waals surface area contributed by atoms with Gasteiger partial charge in [0, 0.05) is 36.8 Å². The number of rotatable bonds is 15. The number of aliphatic hydroxyl groups excluding tert-OH is 1. The number of carbonyl (C=O) groups excluding carboxylic acids is 2. The Hall–Kier alpha value is -4.93. The molecule has 234 valence electrons. The van der Waals surface area contributed by atoms with E-state index < -0.39 is 28.9 Å². The van der Waals surface area contributed by atoms with E-state index in [1.807, 2.05) is 19.9 Å². The number of nitrogens with one attached hydrogen (secondary N) is 2. The van der Waals surface area contributed by atoms with Gasteiger partial charge < -0.3 is 34.7 Å². The van der Waals surface area contributed by atoms with Gasteiger partial charge in [-0.3, -0.25) is 10.1 Å². The molecule has 1 aliphatic rings. The maximum Gasteiger partial charge on any atom is 0.337 e. The van der Waals surface area contributed by atoms with Crippen LogP contribution in [0.15, 0.2) is 71.1 Å². The van der Waals surface area contributed by atoms with Crippen LogP contribution in [0.2, 0.25) is 0 Å². The van der Waals surface area contributed by atoms with Gasteiger partial charge in [-0.25, -0.2) is 9.59 Å². The van der Waals surface area contributed by atoms with Crippen molar-refractivity contribution in [3.8, 4) is 17.6 Å². The van der Waals surface area contributed by atoms with Crippen LogP contribution in [0.4, 0.5) is 5.69 Å². The fourth-order valence-electron chi connectivity index (χ4n) is 4.41. The third-order valence-electron chi connectivity index (χ3n) is 6.53. The number of methoxy groups -OCH3 is 1. The van der Waals surface area contributed by atoms with Gasteiger partial charge in [-0.1, -0.05) is 26.0 Å². The van der Waals surface area contributed by atoms with E-state index in [4.69, 9.17) is 18.9 Å². The van der Waals surface area contributed by atoms with Gasteiger partial charge in [0.05, 0.1) is 42.3 Å². The number of aliphatic hydroxyl groups is 1. The number of nitro benzene ring substituents is 1. The van der Waals surface area contributed by atoms with E-state index in [9.17, 15) is 30.1 Å². The Bertz CT molecular complexity index is 1440. The summed E-state index contributed by atoms with van der Waals surface area (Å²) in [7, 11) is 1.13. The standard InChI is InChI=1S/C31H36N4O9/c1-19(2)33-17-23(36)18-44-25-11-9-24(10-12-25)42-13-6-14-43-31(38)27-20(3)34-26(16-32)29(30(37)41-4)28(27)21-7-5-8-22(15-21)35(39)40/h5,7-12,15,19,23,28,33-34,36H,6,13-14,17-18H2,1-4H3. The van der Waals surface area contributed by atoms with Crippen LogP contribution in [0, 0.1) is 21.4 Å². The summed E-state index contributed by atoms with van der Waals surface area (Å²) in [4.78, 5) is 36.9. The summed E-state index contributed by atoms with van der Waals surface area (Å²) < 4.78 is 21.7. The van der Waals surface area contributed by atoms with Crippen molar-refractivity contribution in [3.05, 3.63) is 86.7 Å². The van der Waals surface area contributed by atoms with E-state index in [1.165, 1.54) is 24.3 Å². The molecule has 13 nitrogen and oxygen atoms in total. The summed E-state index contributed by atoms with van der Waals surface area (Å²) in [5.41, 5.74) is -0.0124. The first-order valence-electron chi connectivity index (χ1n) is 13.9. The number of hydrogen-bond donors (Lipinski definition) is 3. The third kappa shape index (κ3) is 9.03. The minimum Gasteiger partial charge on any atom is -0.493 e. The van der Waals surface area contributed by atoms with Crippen molar-refractivity contribution in [2.45, 2.75) is 45.3 Å². The van der Waals surface area contributed by atoms with Gasteiger partial charge in [0.25, 0.3) is 5.69 Å². The van der Waals surface area contributed by atoms with Crippen LogP contribution in [0.3, 0.4) is 0 Å². The molecule has 0 spiro atoms. The first kappa shape index (κ1) is 33.6. The van der Waals surface area contributed by atoms with Crippen LogP contribution < -0.4 is 20.1 Å². The van der Waals surface area contributed by atoms with Crippen molar-refractivity contribution in [1.29, 1.82) is 5.26 Å². The molecule has 0 aromatic heterocycles. The molecule has 0 fully saturated rings. The van der Waals surface area contributed by atoms with E-state index in [0.717, 1.165) is 7.11 Å². The van der Waals surface area contributed by atoms with Gasteiger partial charge in [0.2, 0.25) is 0 Å². The maximum absolute atomic E-state index is 13.3. The highest BCUT2D eigenvalue weighted by atomic mass is 16.6. The molecule has 2 unspecified atom stereocenters. The Morgan fingerprint density at radius 2 is 1.77 bits per heavy atom. The number of esters is 2. The predicted molar refractivity (Wildman–Crippen MR) is 158 cm³/mol. The number of non-ortho nitro benzene ring substituents is 1. The highest BCUT2D eigenvalue weighted by Gasteiger charge is 2.39. The van der Waals surface area contributed by atoms with Crippen LogP contribution in [-0.2, 0) is 19.1 Å². The molecule has 1 aliphatic heterocycles. The van der Waals surface area contributed by atoms with Crippen LogP contribution in [-0.4, -0.2) is 67.6 Å². The monoisotopic (exact) mass is 608 g/mol. The lowest BCUT2D eigenvalue weighted by molar-refractivity contribution is -0.384. The fraction of sp³-hybridized carbons (Fsp3) is 0.387. The summed E-state index contributed by atoms with van der Waals surface area (Å²) >= 11 is 0. The molecule has 0 saturated heterocycles. The quantitative estimate of drug-likeness (QED) is 0.116. The molecule has 0 bridgehead atoms. The molecular formula is C31H36N4O9. The van der Waals surface area contributed by atoms with E-state index in [0.29, 0.717) is 24.5 Å². The zero-order chi connectivity index (χ0) is 32.2. The topological polar surface area (TPSA) is 182 Å². The number of dihydropyridines is 1.